The minimum Gasteiger partial charge on any atom is -0.441 e. The lowest BCUT2D eigenvalue weighted by molar-refractivity contribution is 0.121. The van der Waals surface area contributed by atoms with E-state index >= 15 is 0 Å². The highest BCUT2D eigenvalue weighted by atomic mass is 79.9. The predicted molar refractivity (Wildman–Crippen MR) is 107 cm³/mol. The molecule has 3 rings (SSSR count). The van der Waals surface area contributed by atoms with Gasteiger partial charge in [0.2, 0.25) is 5.76 Å². The average Bonchev–Trinajstić information content (AvgIpc) is 2.98. The Bertz CT molecular complexity index is 990. The lowest BCUT2D eigenvalue weighted by Crippen LogP contribution is -2.17. The Morgan fingerprint density at radius 2 is 1.96 bits per heavy atom. The number of aromatic nitrogens is 2. The van der Waals surface area contributed by atoms with Crippen molar-refractivity contribution in [3.05, 3.63) is 62.8 Å². The summed E-state index contributed by atoms with van der Waals surface area (Å²) in [7, 11) is 0. The Hall–Kier alpha value is -2.38. The molecule has 0 aliphatic heterocycles. The molecule has 0 radical (unpaired) electrons. The number of ether oxygens (including phenoxy) is 1. The van der Waals surface area contributed by atoms with Crippen molar-refractivity contribution >= 4 is 39.3 Å². The van der Waals surface area contributed by atoms with Crippen LogP contribution in [0, 0.1) is 13.8 Å². The van der Waals surface area contributed by atoms with E-state index in [-0.39, 0.29) is 0 Å². The van der Waals surface area contributed by atoms with Gasteiger partial charge in [0, 0.05) is 15.1 Å². The van der Waals surface area contributed by atoms with Gasteiger partial charge < -0.3 is 9.26 Å². The number of hydrogen-bond acceptors (Lipinski definition) is 5. The summed E-state index contributed by atoms with van der Waals surface area (Å²) in [4.78, 5) is 16.8. The van der Waals surface area contributed by atoms with Crippen LogP contribution in [0.25, 0.3) is 11.5 Å². The van der Waals surface area contributed by atoms with E-state index in [0.29, 0.717) is 27.9 Å². The van der Waals surface area contributed by atoms with Crippen LogP contribution in [0.5, 0.6) is 0 Å². The van der Waals surface area contributed by atoms with Crippen LogP contribution in [0.1, 0.15) is 30.0 Å². The number of pyridine rings is 1. The fourth-order valence-electron chi connectivity index (χ4n) is 2.52. The molecule has 0 saturated heterocycles. The smallest absolute Gasteiger partial charge is 0.412 e. The molecule has 1 N–H and O–H groups in total. The fourth-order valence-corrected chi connectivity index (χ4v) is 3.03. The summed E-state index contributed by atoms with van der Waals surface area (Å²) in [5.41, 5.74) is 3.02. The second-order valence-electron chi connectivity index (χ2n) is 5.93. The molecule has 0 aliphatic carbocycles. The molecule has 140 valence electrons. The summed E-state index contributed by atoms with van der Waals surface area (Å²) in [5.74, 6) is 0.366. The first-order valence-corrected chi connectivity index (χ1v) is 9.35. The normalized spacial score (nSPS) is 11.9. The van der Waals surface area contributed by atoms with E-state index < -0.39 is 12.2 Å². The largest absolute Gasteiger partial charge is 0.441 e. The number of benzene rings is 1. The summed E-state index contributed by atoms with van der Waals surface area (Å²) >= 11 is 9.57. The summed E-state index contributed by atoms with van der Waals surface area (Å²) < 4.78 is 11.7. The van der Waals surface area contributed by atoms with E-state index in [9.17, 15) is 4.79 Å². The molecule has 1 atom stereocenters. The van der Waals surface area contributed by atoms with Crippen molar-refractivity contribution in [2.45, 2.75) is 26.9 Å². The molecule has 0 fully saturated rings. The number of carbonyl (C=O) groups excluding carboxylic acids is 1. The van der Waals surface area contributed by atoms with Gasteiger partial charge >= 0.3 is 6.09 Å². The number of nitrogens with zero attached hydrogens (tertiary/aromatic N) is 2. The molecule has 0 aliphatic rings. The standard InChI is InChI=1S/C19H17BrClN3O3/c1-10-14(20)8-9-16(22-10)18-17(11(2)24-27-18)23-19(25)26-12(3)13-6-4-5-7-15(13)21/h4-9,12H,1-3H3,(H,23,25)/t12-/m1/s1. The first kappa shape index (κ1) is 19.4. The van der Waals surface area contributed by atoms with Gasteiger partial charge in [-0.1, -0.05) is 35.0 Å². The summed E-state index contributed by atoms with van der Waals surface area (Å²) in [5, 5.41) is 7.17. The highest BCUT2D eigenvalue weighted by molar-refractivity contribution is 9.10. The van der Waals surface area contributed by atoms with Crippen molar-refractivity contribution < 1.29 is 14.1 Å². The molecule has 0 spiro atoms. The number of anilines is 1. The van der Waals surface area contributed by atoms with Crippen LogP contribution in [0.2, 0.25) is 5.02 Å². The summed E-state index contributed by atoms with van der Waals surface area (Å²) in [6.07, 6.45) is -1.15. The number of hydrogen-bond donors (Lipinski definition) is 1. The molecule has 0 bridgehead atoms. The van der Waals surface area contributed by atoms with Crippen LogP contribution in [0.3, 0.4) is 0 Å². The highest BCUT2D eigenvalue weighted by Gasteiger charge is 2.21. The van der Waals surface area contributed by atoms with E-state index in [4.69, 9.17) is 20.9 Å². The third kappa shape index (κ3) is 4.31. The molecule has 3 aromatic rings. The lowest BCUT2D eigenvalue weighted by Gasteiger charge is -2.15. The van der Waals surface area contributed by atoms with Crippen molar-refractivity contribution in [2.24, 2.45) is 0 Å². The quantitative estimate of drug-likeness (QED) is 0.521. The number of rotatable bonds is 4. The van der Waals surface area contributed by atoms with Crippen LogP contribution >= 0.6 is 27.5 Å². The lowest BCUT2D eigenvalue weighted by atomic mass is 10.1. The van der Waals surface area contributed by atoms with Crippen LogP contribution in [-0.2, 0) is 4.74 Å². The van der Waals surface area contributed by atoms with Gasteiger partial charge in [0.25, 0.3) is 0 Å². The molecule has 0 unspecified atom stereocenters. The van der Waals surface area contributed by atoms with E-state index in [0.717, 1.165) is 15.7 Å². The minimum atomic E-state index is -0.635. The zero-order chi connectivity index (χ0) is 19.6. The van der Waals surface area contributed by atoms with Crippen LogP contribution in [0.4, 0.5) is 10.5 Å². The number of amides is 1. The van der Waals surface area contributed by atoms with Crippen molar-refractivity contribution in [1.82, 2.24) is 10.1 Å². The molecule has 1 amide bonds. The number of aryl methyl sites for hydroxylation is 2. The first-order chi connectivity index (χ1) is 12.9. The van der Waals surface area contributed by atoms with Gasteiger partial charge in [0.1, 0.15) is 23.2 Å². The van der Waals surface area contributed by atoms with Gasteiger partial charge in [0.05, 0.1) is 5.69 Å². The van der Waals surface area contributed by atoms with E-state index in [1.54, 1.807) is 26.0 Å². The van der Waals surface area contributed by atoms with Crippen molar-refractivity contribution in [3.8, 4) is 11.5 Å². The van der Waals surface area contributed by atoms with Crippen LogP contribution in [-0.4, -0.2) is 16.2 Å². The van der Waals surface area contributed by atoms with E-state index in [2.05, 4.69) is 31.4 Å². The first-order valence-electron chi connectivity index (χ1n) is 8.18. The number of nitrogens with one attached hydrogen (secondary N) is 1. The summed E-state index contributed by atoms with van der Waals surface area (Å²) in [6, 6.07) is 10.8. The zero-order valence-electron chi connectivity index (χ0n) is 14.9. The highest BCUT2D eigenvalue weighted by Crippen LogP contribution is 2.32. The van der Waals surface area contributed by atoms with Crippen LogP contribution in [0.15, 0.2) is 45.4 Å². The Morgan fingerprint density at radius 3 is 2.67 bits per heavy atom. The fraction of sp³-hybridized carbons (Fsp3) is 0.211. The zero-order valence-corrected chi connectivity index (χ0v) is 17.3. The Morgan fingerprint density at radius 1 is 1.22 bits per heavy atom. The minimum absolute atomic E-state index is 0.366. The Labute approximate surface area is 170 Å². The van der Waals surface area contributed by atoms with Gasteiger partial charge in [-0.25, -0.2) is 9.78 Å². The molecule has 2 aromatic heterocycles. The second-order valence-corrected chi connectivity index (χ2v) is 7.19. The summed E-state index contributed by atoms with van der Waals surface area (Å²) in [6.45, 7) is 5.34. The Kier molecular flexibility index (Phi) is 5.82. The topological polar surface area (TPSA) is 77.3 Å². The monoisotopic (exact) mass is 449 g/mol. The third-order valence-corrected chi connectivity index (χ3v) is 5.15. The molecule has 6 nitrogen and oxygen atoms in total. The maximum atomic E-state index is 12.4. The maximum absolute atomic E-state index is 12.4. The van der Waals surface area contributed by atoms with Crippen molar-refractivity contribution in [2.75, 3.05) is 5.32 Å². The second kappa shape index (κ2) is 8.10. The maximum Gasteiger partial charge on any atom is 0.412 e. The van der Waals surface area contributed by atoms with E-state index in [1.165, 1.54) is 0 Å². The molecule has 27 heavy (non-hydrogen) atoms. The van der Waals surface area contributed by atoms with Gasteiger partial charge in [-0.15, -0.1) is 0 Å². The average molecular weight is 451 g/mol. The van der Waals surface area contributed by atoms with Gasteiger partial charge in [-0.05, 0) is 54.9 Å². The SMILES string of the molecule is Cc1nc(-c2onc(C)c2NC(=O)O[C@H](C)c2ccccc2Cl)ccc1Br. The molecule has 0 saturated carbocycles. The van der Waals surface area contributed by atoms with Crippen molar-refractivity contribution in [1.29, 1.82) is 0 Å². The number of carbonyl (C=O) groups is 1. The molecular formula is C19H17BrClN3O3. The van der Waals surface area contributed by atoms with Crippen LogP contribution < -0.4 is 5.32 Å². The number of halogens is 2. The predicted octanol–water partition coefficient (Wildman–Crippen LogP) is 6.08. The van der Waals surface area contributed by atoms with E-state index in [1.807, 2.05) is 31.2 Å². The van der Waals surface area contributed by atoms with Gasteiger partial charge in [-0.2, -0.15) is 0 Å². The van der Waals surface area contributed by atoms with Crippen molar-refractivity contribution in [3.63, 3.8) is 0 Å². The molecule has 2 heterocycles. The third-order valence-electron chi connectivity index (χ3n) is 3.97. The Balaban J connectivity index is 1.79. The molecule has 1 aromatic carbocycles. The van der Waals surface area contributed by atoms with Gasteiger partial charge in [0.15, 0.2) is 0 Å². The molecule has 8 heteroatoms. The van der Waals surface area contributed by atoms with Gasteiger partial charge in [-0.3, -0.25) is 5.32 Å². The molecular weight excluding hydrogens is 434 g/mol.